The van der Waals surface area contributed by atoms with Gasteiger partial charge in [0, 0.05) is 24.0 Å². The van der Waals surface area contributed by atoms with E-state index >= 15 is 0 Å². The lowest BCUT2D eigenvalue weighted by atomic mass is 10.1. The summed E-state index contributed by atoms with van der Waals surface area (Å²) < 4.78 is 0. The summed E-state index contributed by atoms with van der Waals surface area (Å²) in [5.41, 5.74) is 4.32. The van der Waals surface area contributed by atoms with Gasteiger partial charge in [-0.2, -0.15) is 11.8 Å². The van der Waals surface area contributed by atoms with Crippen molar-refractivity contribution in [1.29, 1.82) is 0 Å². The third kappa shape index (κ3) is 2.67. The van der Waals surface area contributed by atoms with E-state index in [9.17, 15) is 0 Å². The predicted octanol–water partition coefficient (Wildman–Crippen LogP) is 2.98. The number of nitrogens with zero attached hydrogens (tertiary/aromatic N) is 1. The van der Waals surface area contributed by atoms with Crippen LogP contribution in [0.3, 0.4) is 0 Å². The van der Waals surface area contributed by atoms with Crippen LogP contribution in [0.5, 0.6) is 0 Å². The maximum atomic E-state index is 3.47. The first-order valence-corrected chi connectivity index (χ1v) is 8.25. The van der Waals surface area contributed by atoms with E-state index in [4.69, 9.17) is 0 Å². The van der Waals surface area contributed by atoms with Crippen molar-refractivity contribution in [3.05, 3.63) is 29.3 Å². The molecule has 0 saturated carbocycles. The molecule has 1 aromatic rings. The maximum Gasteiger partial charge on any atom is 0.0376 e. The minimum atomic E-state index is 0.892. The predicted molar refractivity (Wildman–Crippen MR) is 80.4 cm³/mol. The molecule has 1 N–H and O–H groups in total. The second-order valence-electron chi connectivity index (χ2n) is 5.38. The molecule has 0 spiro atoms. The number of nitrogens with one attached hydrogen (secondary N) is 1. The smallest absolute Gasteiger partial charge is 0.0376 e. The summed E-state index contributed by atoms with van der Waals surface area (Å²) >= 11 is 2.03. The lowest BCUT2D eigenvalue weighted by molar-refractivity contribution is 0.225. The highest BCUT2D eigenvalue weighted by Gasteiger charge is 2.18. The number of piperidine rings is 1. The minimum absolute atomic E-state index is 0.892. The van der Waals surface area contributed by atoms with E-state index in [-0.39, 0.29) is 0 Å². The molecule has 0 aliphatic carbocycles. The summed E-state index contributed by atoms with van der Waals surface area (Å²) in [7, 11) is 0. The molecule has 0 radical (unpaired) electrons. The Balaban J connectivity index is 1.60. The largest absolute Gasteiger partial charge is 0.384 e. The van der Waals surface area contributed by atoms with Crippen LogP contribution in [0.1, 0.15) is 24.0 Å². The molecule has 1 saturated heterocycles. The molecule has 2 aliphatic rings. The summed E-state index contributed by atoms with van der Waals surface area (Å²) in [6, 6.07) is 6.97. The van der Waals surface area contributed by atoms with Gasteiger partial charge in [0.05, 0.1) is 0 Å². The molecular formula is C15H22N2S. The zero-order valence-corrected chi connectivity index (χ0v) is 11.9. The van der Waals surface area contributed by atoms with Gasteiger partial charge in [-0.3, -0.25) is 4.90 Å². The standard InChI is InChI=1S/C15H22N2S/c1-18-14-5-8-17(9-6-14)11-12-2-3-13-4-7-16-15(13)10-12/h2-3,10,14,16H,4-9,11H2,1H3. The lowest BCUT2D eigenvalue weighted by Gasteiger charge is -2.31. The number of benzene rings is 1. The Morgan fingerprint density at radius 2 is 2.17 bits per heavy atom. The van der Waals surface area contributed by atoms with Gasteiger partial charge in [0.1, 0.15) is 0 Å². The number of fused-ring (bicyclic) bond motifs is 1. The highest BCUT2D eigenvalue weighted by molar-refractivity contribution is 7.99. The summed E-state index contributed by atoms with van der Waals surface area (Å²) in [5.74, 6) is 0. The van der Waals surface area contributed by atoms with E-state index in [0.29, 0.717) is 0 Å². The average molecular weight is 262 g/mol. The molecule has 2 nitrogen and oxygen atoms in total. The highest BCUT2D eigenvalue weighted by Crippen LogP contribution is 2.26. The maximum absolute atomic E-state index is 3.47. The molecule has 0 amide bonds. The fraction of sp³-hybridized carbons (Fsp3) is 0.600. The van der Waals surface area contributed by atoms with Gasteiger partial charge >= 0.3 is 0 Å². The Morgan fingerprint density at radius 3 is 2.94 bits per heavy atom. The van der Waals surface area contributed by atoms with E-state index in [0.717, 1.165) is 18.3 Å². The molecular weight excluding hydrogens is 240 g/mol. The van der Waals surface area contributed by atoms with Crippen molar-refractivity contribution in [3.63, 3.8) is 0 Å². The molecule has 2 aliphatic heterocycles. The summed E-state index contributed by atoms with van der Waals surface area (Å²) in [6.45, 7) is 4.75. The first-order chi connectivity index (χ1) is 8.85. The van der Waals surface area contributed by atoms with Gasteiger partial charge in [0.25, 0.3) is 0 Å². The molecule has 18 heavy (non-hydrogen) atoms. The lowest BCUT2D eigenvalue weighted by Crippen LogP contribution is -2.34. The Bertz CT molecular complexity index is 411. The van der Waals surface area contributed by atoms with Crippen LogP contribution in [0.25, 0.3) is 0 Å². The van der Waals surface area contributed by atoms with E-state index in [1.165, 1.54) is 49.2 Å². The topological polar surface area (TPSA) is 15.3 Å². The molecule has 3 heteroatoms. The monoisotopic (exact) mass is 262 g/mol. The van der Waals surface area contributed by atoms with Gasteiger partial charge in [-0.25, -0.2) is 0 Å². The Labute approximate surface area is 114 Å². The molecule has 1 aromatic carbocycles. The Hall–Kier alpha value is -0.670. The van der Waals surface area contributed by atoms with Crippen LogP contribution in [-0.2, 0) is 13.0 Å². The number of anilines is 1. The number of hydrogen-bond acceptors (Lipinski definition) is 3. The SMILES string of the molecule is CSC1CCN(Cc2ccc3c(c2)NCC3)CC1. The molecule has 3 rings (SSSR count). The number of hydrogen-bond donors (Lipinski definition) is 1. The van der Waals surface area contributed by atoms with E-state index in [2.05, 4.69) is 34.7 Å². The quantitative estimate of drug-likeness (QED) is 0.901. The summed E-state index contributed by atoms with van der Waals surface area (Å²) in [6.07, 6.45) is 6.13. The third-order valence-corrected chi connectivity index (χ3v) is 5.30. The van der Waals surface area contributed by atoms with Crippen molar-refractivity contribution < 1.29 is 0 Å². The number of thioether (sulfide) groups is 1. The van der Waals surface area contributed by atoms with Gasteiger partial charge in [-0.15, -0.1) is 0 Å². The molecule has 2 heterocycles. The fourth-order valence-electron chi connectivity index (χ4n) is 3.00. The summed E-state index contributed by atoms with van der Waals surface area (Å²) in [4.78, 5) is 2.60. The Kier molecular flexibility index (Phi) is 3.80. The van der Waals surface area contributed by atoms with Crippen molar-refractivity contribution in [2.24, 2.45) is 0 Å². The average Bonchev–Trinajstić information content (AvgIpc) is 2.87. The number of rotatable bonds is 3. The van der Waals surface area contributed by atoms with Crippen molar-refractivity contribution in [2.75, 3.05) is 31.2 Å². The van der Waals surface area contributed by atoms with Crippen LogP contribution in [0.15, 0.2) is 18.2 Å². The molecule has 0 aromatic heterocycles. The first-order valence-electron chi connectivity index (χ1n) is 6.96. The fourth-order valence-corrected chi connectivity index (χ4v) is 3.68. The van der Waals surface area contributed by atoms with Gasteiger partial charge in [-0.05, 0) is 55.8 Å². The van der Waals surface area contributed by atoms with Crippen LogP contribution in [-0.4, -0.2) is 36.0 Å². The molecule has 0 unspecified atom stereocenters. The highest BCUT2D eigenvalue weighted by atomic mass is 32.2. The first kappa shape index (κ1) is 12.4. The van der Waals surface area contributed by atoms with Crippen molar-refractivity contribution in [1.82, 2.24) is 4.90 Å². The van der Waals surface area contributed by atoms with Gasteiger partial charge < -0.3 is 5.32 Å². The van der Waals surface area contributed by atoms with Gasteiger partial charge in [0.2, 0.25) is 0 Å². The minimum Gasteiger partial charge on any atom is -0.384 e. The van der Waals surface area contributed by atoms with Crippen molar-refractivity contribution in [3.8, 4) is 0 Å². The second kappa shape index (κ2) is 5.54. The zero-order valence-electron chi connectivity index (χ0n) is 11.1. The van der Waals surface area contributed by atoms with Crippen molar-refractivity contribution >= 4 is 17.4 Å². The van der Waals surface area contributed by atoms with Gasteiger partial charge in [0.15, 0.2) is 0 Å². The van der Waals surface area contributed by atoms with Gasteiger partial charge in [-0.1, -0.05) is 12.1 Å². The second-order valence-corrected chi connectivity index (χ2v) is 6.52. The van der Waals surface area contributed by atoms with Crippen molar-refractivity contribution in [2.45, 2.75) is 31.1 Å². The third-order valence-electron chi connectivity index (χ3n) is 4.16. The molecule has 1 fully saturated rings. The molecule has 98 valence electrons. The molecule has 0 atom stereocenters. The van der Waals surface area contributed by atoms with Crippen LogP contribution in [0, 0.1) is 0 Å². The van der Waals surface area contributed by atoms with Crippen LogP contribution >= 0.6 is 11.8 Å². The number of likely N-dealkylation sites (tertiary alicyclic amines) is 1. The van der Waals surface area contributed by atoms with Crippen LogP contribution in [0.4, 0.5) is 5.69 Å². The zero-order chi connectivity index (χ0) is 12.4. The van der Waals surface area contributed by atoms with Crippen LogP contribution < -0.4 is 5.32 Å². The van der Waals surface area contributed by atoms with E-state index in [1.54, 1.807) is 0 Å². The van der Waals surface area contributed by atoms with Crippen LogP contribution in [0.2, 0.25) is 0 Å². The normalized spacial score (nSPS) is 20.7. The summed E-state index contributed by atoms with van der Waals surface area (Å²) in [5, 5.41) is 4.36. The van der Waals surface area contributed by atoms with E-state index < -0.39 is 0 Å². The molecule has 0 bridgehead atoms. The van der Waals surface area contributed by atoms with E-state index in [1.807, 2.05) is 11.8 Å². The Morgan fingerprint density at radius 1 is 1.33 bits per heavy atom.